The fourth-order valence-electron chi connectivity index (χ4n) is 2.13. The predicted octanol–water partition coefficient (Wildman–Crippen LogP) is -0.114. The number of hydrogen-bond donors (Lipinski definition) is 2. The lowest BCUT2D eigenvalue weighted by Gasteiger charge is -2.29. The summed E-state index contributed by atoms with van der Waals surface area (Å²) in [5, 5.41) is 11.8. The van der Waals surface area contributed by atoms with Crippen LogP contribution >= 0.6 is 0 Å². The van der Waals surface area contributed by atoms with Gasteiger partial charge in [-0.1, -0.05) is 6.92 Å². The molecule has 1 aliphatic rings. The first-order valence-electron chi connectivity index (χ1n) is 6.71. The van der Waals surface area contributed by atoms with Crippen molar-refractivity contribution in [2.75, 3.05) is 37.8 Å². The topological polar surface area (TPSA) is 95.9 Å². The van der Waals surface area contributed by atoms with Crippen molar-refractivity contribution >= 4 is 22.8 Å². The summed E-state index contributed by atoms with van der Waals surface area (Å²) < 4.78 is 16.5. The third-order valence-corrected chi connectivity index (χ3v) is 4.60. The van der Waals surface area contributed by atoms with Gasteiger partial charge >= 0.3 is 12.0 Å². The molecule has 3 atom stereocenters. The molecule has 1 saturated heterocycles. The van der Waals surface area contributed by atoms with Gasteiger partial charge in [0.2, 0.25) is 0 Å². The lowest BCUT2D eigenvalue weighted by atomic mass is 10.0. The van der Waals surface area contributed by atoms with Gasteiger partial charge in [0, 0.05) is 35.4 Å². The third kappa shape index (κ3) is 4.45. The molecule has 116 valence electrons. The summed E-state index contributed by atoms with van der Waals surface area (Å²) in [4.78, 5) is 24.7. The number of amides is 2. The van der Waals surface area contributed by atoms with E-state index >= 15 is 0 Å². The molecule has 0 spiro atoms. The molecular formula is C12H22N2O5S. The molecule has 1 aliphatic heterocycles. The lowest BCUT2D eigenvalue weighted by molar-refractivity contribution is -0.142. The standard InChI is InChI=1S/C12H22N2O5S/c1-3-14(10-8-19-7-9(10)11(15)16)12(17)13-5-6-20(18)4-2/h9-10H,3-8H2,1-2H3,(H,13,17)(H,15,16). The molecule has 2 N–H and O–H groups in total. The number of ether oxygens (including phenoxy) is 1. The van der Waals surface area contributed by atoms with E-state index in [1.807, 2.05) is 6.92 Å². The number of nitrogens with zero attached hydrogens (tertiary/aromatic N) is 1. The van der Waals surface area contributed by atoms with Crippen LogP contribution in [-0.2, 0) is 20.3 Å². The monoisotopic (exact) mass is 306 g/mol. The van der Waals surface area contributed by atoms with Crippen molar-refractivity contribution in [2.24, 2.45) is 5.92 Å². The van der Waals surface area contributed by atoms with Crippen molar-refractivity contribution in [3.8, 4) is 0 Å². The number of carboxylic acid groups (broad SMARTS) is 1. The van der Waals surface area contributed by atoms with E-state index in [1.54, 1.807) is 6.92 Å². The van der Waals surface area contributed by atoms with Crippen molar-refractivity contribution in [3.05, 3.63) is 0 Å². The number of carbonyl (C=O) groups excluding carboxylic acids is 1. The summed E-state index contributed by atoms with van der Waals surface area (Å²) in [6, 6.07) is -0.781. The predicted molar refractivity (Wildman–Crippen MR) is 75.1 cm³/mol. The van der Waals surface area contributed by atoms with E-state index < -0.39 is 28.7 Å². The van der Waals surface area contributed by atoms with Gasteiger partial charge in [0.25, 0.3) is 0 Å². The average Bonchev–Trinajstić information content (AvgIpc) is 2.88. The Kier molecular flexibility index (Phi) is 6.94. The van der Waals surface area contributed by atoms with Crippen LogP contribution < -0.4 is 5.32 Å². The van der Waals surface area contributed by atoms with Gasteiger partial charge < -0.3 is 20.1 Å². The van der Waals surface area contributed by atoms with E-state index in [0.29, 0.717) is 24.6 Å². The first kappa shape index (κ1) is 16.9. The Morgan fingerprint density at radius 2 is 2.10 bits per heavy atom. The average molecular weight is 306 g/mol. The fourth-order valence-corrected chi connectivity index (χ4v) is 2.75. The van der Waals surface area contributed by atoms with Crippen LogP contribution in [0.1, 0.15) is 13.8 Å². The number of rotatable bonds is 7. The molecule has 1 rings (SSSR count). The van der Waals surface area contributed by atoms with Crippen molar-refractivity contribution in [3.63, 3.8) is 0 Å². The molecule has 0 bridgehead atoms. The van der Waals surface area contributed by atoms with Crippen LogP contribution in [0.2, 0.25) is 0 Å². The first-order chi connectivity index (χ1) is 9.51. The van der Waals surface area contributed by atoms with Gasteiger partial charge in [0.05, 0.1) is 19.3 Å². The van der Waals surface area contributed by atoms with Gasteiger partial charge in [-0.15, -0.1) is 0 Å². The second-order valence-corrected chi connectivity index (χ2v) is 6.37. The molecule has 0 radical (unpaired) electrons. The van der Waals surface area contributed by atoms with E-state index in [-0.39, 0.29) is 19.2 Å². The van der Waals surface area contributed by atoms with E-state index in [0.717, 1.165) is 0 Å². The molecule has 2 amide bonds. The quantitative estimate of drug-likeness (QED) is 0.684. The molecule has 7 nitrogen and oxygen atoms in total. The van der Waals surface area contributed by atoms with E-state index in [2.05, 4.69) is 5.32 Å². The van der Waals surface area contributed by atoms with Crippen molar-refractivity contribution in [2.45, 2.75) is 19.9 Å². The molecule has 1 heterocycles. The molecule has 8 heteroatoms. The highest BCUT2D eigenvalue weighted by Gasteiger charge is 2.39. The van der Waals surface area contributed by atoms with Crippen LogP contribution in [0.5, 0.6) is 0 Å². The lowest BCUT2D eigenvalue weighted by Crippen LogP contribution is -2.51. The molecule has 0 saturated carbocycles. The Hall–Kier alpha value is -1.15. The summed E-state index contributed by atoms with van der Waals surface area (Å²) in [5.74, 6) is -0.676. The fraction of sp³-hybridized carbons (Fsp3) is 0.833. The molecule has 1 fully saturated rings. The Morgan fingerprint density at radius 1 is 1.40 bits per heavy atom. The number of hydrogen-bond acceptors (Lipinski definition) is 4. The minimum Gasteiger partial charge on any atom is -0.481 e. The highest BCUT2D eigenvalue weighted by molar-refractivity contribution is 7.84. The van der Waals surface area contributed by atoms with Gasteiger partial charge in [-0.2, -0.15) is 0 Å². The van der Waals surface area contributed by atoms with Gasteiger partial charge in [0.1, 0.15) is 5.92 Å². The second kappa shape index (κ2) is 8.21. The normalized spacial score (nSPS) is 23.3. The Bertz CT molecular complexity index is 377. The SMILES string of the molecule is CCN(C(=O)NCCS(=O)CC)C1COCC1C(=O)O. The number of carbonyl (C=O) groups is 2. The highest BCUT2D eigenvalue weighted by atomic mass is 32.2. The van der Waals surface area contributed by atoms with E-state index in [9.17, 15) is 13.8 Å². The molecule has 0 aromatic rings. The summed E-state index contributed by atoms with van der Waals surface area (Å²) in [6.07, 6.45) is 0. The van der Waals surface area contributed by atoms with Gasteiger partial charge in [0.15, 0.2) is 0 Å². The van der Waals surface area contributed by atoms with Crippen molar-refractivity contribution in [1.82, 2.24) is 10.2 Å². The third-order valence-electron chi connectivity index (χ3n) is 3.30. The zero-order valence-corrected chi connectivity index (χ0v) is 12.6. The molecular weight excluding hydrogens is 284 g/mol. The summed E-state index contributed by atoms with van der Waals surface area (Å²) >= 11 is 0. The maximum absolute atomic E-state index is 12.1. The molecule has 0 aromatic heterocycles. The van der Waals surface area contributed by atoms with Gasteiger partial charge in [-0.25, -0.2) is 4.79 Å². The maximum Gasteiger partial charge on any atom is 0.317 e. The zero-order chi connectivity index (χ0) is 15.1. The summed E-state index contributed by atoms with van der Waals surface area (Å²) in [6.45, 7) is 4.70. The number of carboxylic acids is 1. The molecule has 0 aromatic carbocycles. The van der Waals surface area contributed by atoms with E-state index in [1.165, 1.54) is 4.90 Å². The van der Waals surface area contributed by atoms with Gasteiger partial charge in [-0.05, 0) is 6.92 Å². The Morgan fingerprint density at radius 3 is 2.65 bits per heavy atom. The van der Waals surface area contributed by atoms with Crippen LogP contribution in [0, 0.1) is 5.92 Å². The Labute approximate surface area is 121 Å². The Balaban J connectivity index is 2.54. The minimum absolute atomic E-state index is 0.129. The van der Waals surface area contributed by atoms with Gasteiger partial charge in [-0.3, -0.25) is 9.00 Å². The number of nitrogens with one attached hydrogen (secondary N) is 1. The smallest absolute Gasteiger partial charge is 0.317 e. The summed E-state index contributed by atoms with van der Waals surface area (Å²) in [5.41, 5.74) is 0. The summed E-state index contributed by atoms with van der Waals surface area (Å²) in [7, 11) is -0.927. The molecule has 3 unspecified atom stereocenters. The number of aliphatic carboxylic acids is 1. The second-order valence-electron chi connectivity index (χ2n) is 4.50. The first-order valence-corrected chi connectivity index (χ1v) is 8.20. The number of urea groups is 1. The van der Waals surface area contributed by atoms with Crippen LogP contribution in [0.3, 0.4) is 0 Å². The van der Waals surface area contributed by atoms with Crippen LogP contribution in [-0.4, -0.2) is 70.1 Å². The molecule has 0 aliphatic carbocycles. The van der Waals surface area contributed by atoms with Crippen LogP contribution in [0.15, 0.2) is 0 Å². The highest BCUT2D eigenvalue weighted by Crippen LogP contribution is 2.20. The van der Waals surface area contributed by atoms with Crippen LogP contribution in [0.25, 0.3) is 0 Å². The largest absolute Gasteiger partial charge is 0.481 e. The van der Waals surface area contributed by atoms with Crippen molar-refractivity contribution < 1.29 is 23.6 Å². The van der Waals surface area contributed by atoms with E-state index in [4.69, 9.17) is 9.84 Å². The zero-order valence-electron chi connectivity index (χ0n) is 11.8. The maximum atomic E-state index is 12.1. The van der Waals surface area contributed by atoms with Crippen molar-refractivity contribution in [1.29, 1.82) is 0 Å². The molecule has 20 heavy (non-hydrogen) atoms. The van der Waals surface area contributed by atoms with Crippen LogP contribution in [0.4, 0.5) is 4.79 Å². The minimum atomic E-state index is -0.953. The number of likely N-dealkylation sites (N-methyl/N-ethyl adjacent to an activating group) is 1.